The number of rotatable bonds is 0. The third kappa shape index (κ3) is 20.7. The fourth-order valence-corrected chi connectivity index (χ4v) is 0. The van der Waals surface area contributed by atoms with Gasteiger partial charge in [-0.25, -0.2) is 0 Å². The third-order valence-corrected chi connectivity index (χ3v) is 0. The summed E-state index contributed by atoms with van der Waals surface area (Å²) in [5.74, 6) is 0. The van der Waals surface area contributed by atoms with Crippen LogP contribution >= 0.6 is 12.6 Å². The van der Waals surface area contributed by atoms with Crippen LogP contribution in [0.2, 0.25) is 0 Å². The molecule has 0 aliphatic rings. The summed E-state index contributed by atoms with van der Waals surface area (Å²) in [6, 6.07) is 0. The zero-order valence-electron chi connectivity index (χ0n) is 1.80. The summed E-state index contributed by atoms with van der Waals surface area (Å²) in [6.45, 7) is 0. The molecule has 0 saturated carbocycles. The quantitative estimate of drug-likeness (QED) is 0.369. The molecule has 0 heterocycles. The molecule has 3 heteroatoms. The second-order valence-electron chi connectivity index (χ2n) is 0.283. The Morgan fingerprint density at radius 2 is 2.00 bits per heavy atom. The first-order chi connectivity index (χ1) is 1.73. The van der Waals surface area contributed by atoms with Crippen molar-refractivity contribution in [2.45, 2.75) is 0 Å². The molecule has 0 unspecified atom stereocenters. The van der Waals surface area contributed by atoms with Gasteiger partial charge in [-0.2, -0.15) is 0 Å². The number of carbonyl (C=O) groups excluding carboxylic acids is 1. The van der Waals surface area contributed by atoms with Crippen molar-refractivity contribution in [2.75, 3.05) is 0 Å². The van der Waals surface area contributed by atoms with E-state index in [1.54, 1.807) is 16.0 Å². The van der Waals surface area contributed by atoms with Crippen molar-refractivity contribution in [1.82, 2.24) is 0 Å². The summed E-state index contributed by atoms with van der Waals surface area (Å²) in [5, 5.41) is 0. The molecule has 0 aliphatic carbocycles. The molecule has 0 aromatic rings. The maximum absolute atomic E-state index is 9.28. The van der Waals surface area contributed by atoms with Gasteiger partial charge in [0.1, 0.15) is 0 Å². The van der Waals surface area contributed by atoms with Crippen LogP contribution in [0.4, 0.5) is 4.79 Å². The van der Waals surface area contributed by atoms with Crippen molar-refractivity contribution in [3.8, 4) is 0 Å². The van der Waals surface area contributed by atoms with Gasteiger partial charge in [-0.05, 0) is 0 Å². The first-order valence-electron chi connectivity index (χ1n) is 0.651. The van der Waals surface area contributed by atoms with Crippen molar-refractivity contribution < 1.29 is 4.79 Å². The van der Waals surface area contributed by atoms with Gasteiger partial charge in [-0.3, -0.25) is 0 Å². The first kappa shape index (κ1) is 4.54. The van der Waals surface area contributed by atoms with Gasteiger partial charge in [-0.1, -0.05) is 0 Å². The normalized spacial score (nSPS) is 6.50. The van der Waals surface area contributed by atoms with Crippen LogP contribution < -0.4 is 0 Å². The molecule has 0 rings (SSSR count). The van der Waals surface area contributed by atoms with Crippen molar-refractivity contribution in [3.05, 3.63) is 0 Å². The van der Waals surface area contributed by atoms with Gasteiger partial charge in [0.05, 0.1) is 0 Å². The summed E-state index contributed by atoms with van der Waals surface area (Å²) >= 11 is 5.06. The van der Waals surface area contributed by atoms with Crippen LogP contribution in [0.25, 0.3) is 0 Å². The van der Waals surface area contributed by atoms with Crippen molar-refractivity contribution in [1.29, 1.82) is 0 Å². The average Bonchev–Trinajstić information content (AvgIpc) is 0.811. The topological polar surface area (TPSA) is 17.1 Å². The first-order valence-corrected chi connectivity index (χ1v) is 2.04. The van der Waals surface area contributed by atoms with Gasteiger partial charge in [0.2, 0.25) is 0 Å². The molecule has 0 aliphatic heterocycles. The van der Waals surface area contributed by atoms with E-state index in [1.807, 2.05) is 0 Å². The Morgan fingerprint density at radius 1 is 2.00 bits per heavy atom. The van der Waals surface area contributed by atoms with E-state index in [1.165, 1.54) is 0 Å². The van der Waals surface area contributed by atoms with Gasteiger partial charge in [0.15, 0.2) is 0 Å². The Hall–Kier alpha value is 0.539. The number of carbonyl (C=O) groups is 1. The number of hydrogen-bond donors (Lipinski definition) is 1. The fraction of sp³-hybridized carbons (Fsp3) is 0. The van der Waals surface area contributed by atoms with Crippen LogP contribution in [0.3, 0.4) is 0 Å². The van der Waals surface area contributed by atoms with E-state index < -0.39 is 0 Å². The summed E-state index contributed by atoms with van der Waals surface area (Å²) < 4.78 is -0.201. The van der Waals surface area contributed by atoms with E-state index in [0.29, 0.717) is 0 Å². The molecule has 0 saturated heterocycles. The minimum atomic E-state index is -0.201. The van der Waals surface area contributed by atoms with Crippen LogP contribution in [0.15, 0.2) is 0 Å². The van der Waals surface area contributed by atoms with E-state index in [4.69, 9.17) is 0 Å². The van der Waals surface area contributed by atoms with Crippen LogP contribution in [0.1, 0.15) is 0 Å². The van der Waals surface area contributed by atoms with Gasteiger partial charge in [0, 0.05) is 0 Å². The third-order valence-electron chi connectivity index (χ3n) is 0. The Kier molecular flexibility index (Phi) is 2.07. The second-order valence-corrected chi connectivity index (χ2v) is 2.31. The van der Waals surface area contributed by atoms with Crippen molar-refractivity contribution in [2.24, 2.45) is 0 Å². The predicted octanol–water partition coefficient (Wildman–Crippen LogP) is -0.0630. The molecular formula is CH2OSSe. The van der Waals surface area contributed by atoms with Crippen molar-refractivity contribution >= 4 is 32.7 Å². The van der Waals surface area contributed by atoms with Gasteiger partial charge >= 0.3 is 37.4 Å². The van der Waals surface area contributed by atoms with E-state index in [9.17, 15) is 4.79 Å². The molecule has 0 aromatic carbocycles. The summed E-state index contributed by atoms with van der Waals surface area (Å²) in [4.78, 5) is 9.28. The predicted molar refractivity (Wildman–Crippen MR) is 21.5 cm³/mol. The monoisotopic (exact) mass is 142 g/mol. The SMILES string of the molecule is O=C(S)[SeH]. The standard InChI is InChI=1S/CH2OSSe/c2-1(3)4/h(H2,2,3,4). The zero-order valence-corrected chi connectivity index (χ0v) is 4.57. The van der Waals surface area contributed by atoms with E-state index >= 15 is 0 Å². The summed E-state index contributed by atoms with van der Waals surface area (Å²) in [6.07, 6.45) is 0. The molecule has 0 fully saturated rings. The molecule has 0 aromatic heterocycles. The molecule has 0 amide bonds. The maximum atomic E-state index is 9.28. The van der Waals surface area contributed by atoms with Crippen LogP contribution in [0, 0.1) is 0 Å². The Bertz CT molecular complexity index is 31.0. The van der Waals surface area contributed by atoms with Crippen molar-refractivity contribution in [3.63, 3.8) is 0 Å². The molecule has 1 nitrogen and oxygen atoms in total. The minimum absolute atomic E-state index is 0.201. The number of thiol groups is 1. The number of hydrogen-bond acceptors (Lipinski definition) is 1. The molecule has 0 N–H and O–H groups in total. The molecule has 0 bridgehead atoms. The molecule has 0 radical (unpaired) electrons. The second kappa shape index (κ2) is 1.82. The molecule has 24 valence electrons. The Balaban J connectivity index is 2.80. The summed E-state index contributed by atoms with van der Waals surface area (Å²) in [5.41, 5.74) is 0. The average molecular weight is 141 g/mol. The Morgan fingerprint density at radius 3 is 2.00 bits per heavy atom. The van der Waals surface area contributed by atoms with E-state index in [2.05, 4.69) is 12.6 Å². The van der Waals surface area contributed by atoms with Gasteiger partial charge in [-0.15, -0.1) is 0 Å². The van der Waals surface area contributed by atoms with Crippen LogP contribution in [-0.4, -0.2) is 20.0 Å². The van der Waals surface area contributed by atoms with E-state index in [-0.39, 0.29) is 4.01 Å². The van der Waals surface area contributed by atoms with Gasteiger partial charge < -0.3 is 0 Å². The fourth-order valence-electron chi connectivity index (χ4n) is 0. The molecule has 0 spiro atoms. The molecule has 0 atom stereocenters. The molecular weight excluding hydrogens is 139 g/mol. The van der Waals surface area contributed by atoms with Gasteiger partial charge in [0.25, 0.3) is 0 Å². The molecule has 4 heavy (non-hydrogen) atoms. The van der Waals surface area contributed by atoms with Crippen LogP contribution in [-0.2, 0) is 0 Å². The Labute approximate surface area is 38.0 Å². The summed E-state index contributed by atoms with van der Waals surface area (Å²) in [7, 11) is 0. The van der Waals surface area contributed by atoms with E-state index in [0.717, 1.165) is 0 Å². The van der Waals surface area contributed by atoms with Crippen LogP contribution in [0.5, 0.6) is 0 Å². The zero-order chi connectivity index (χ0) is 3.58.